The third-order valence-electron chi connectivity index (χ3n) is 4.78. The molecule has 1 fully saturated rings. The van der Waals surface area contributed by atoms with Crippen molar-refractivity contribution in [1.29, 1.82) is 0 Å². The predicted octanol–water partition coefficient (Wildman–Crippen LogP) is 3.33. The molecule has 1 rings (SSSR count). The predicted molar refractivity (Wildman–Crippen MR) is 108 cm³/mol. The molecule has 132 valence electrons. The molecule has 0 aromatic rings. The number of likely N-dealkylation sites (tertiary alicyclic amines) is 1. The highest BCUT2D eigenvalue weighted by atomic mass is 127. The van der Waals surface area contributed by atoms with Gasteiger partial charge in [0.1, 0.15) is 0 Å². The summed E-state index contributed by atoms with van der Waals surface area (Å²) in [7, 11) is 1.86. The van der Waals surface area contributed by atoms with Gasteiger partial charge in [-0.2, -0.15) is 0 Å². The third-order valence-corrected chi connectivity index (χ3v) is 4.78. The second kappa shape index (κ2) is 12.4. The summed E-state index contributed by atoms with van der Waals surface area (Å²) in [5.41, 5.74) is 0. The summed E-state index contributed by atoms with van der Waals surface area (Å²) in [5.74, 6) is 2.45. The highest BCUT2D eigenvalue weighted by molar-refractivity contribution is 14.0. The second-order valence-electron chi connectivity index (χ2n) is 6.61. The number of piperidine rings is 1. The van der Waals surface area contributed by atoms with E-state index >= 15 is 0 Å². The van der Waals surface area contributed by atoms with Crippen molar-refractivity contribution in [2.75, 3.05) is 33.2 Å². The van der Waals surface area contributed by atoms with Gasteiger partial charge in [-0.3, -0.25) is 4.99 Å². The van der Waals surface area contributed by atoms with Crippen molar-refractivity contribution in [3.63, 3.8) is 0 Å². The number of nitrogens with one attached hydrogen (secondary N) is 2. The third kappa shape index (κ3) is 7.99. The van der Waals surface area contributed by atoms with Crippen molar-refractivity contribution in [1.82, 2.24) is 15.5 Å². The number of aliphatic imine (C=N–C) groups is 1. The van der Waals surface area contributed by atoms with Crippen LogP contribution >= 0.6 is 24.0 Å². The van der Waals surface area contributed by atoms with E-state index in [1.165, 1.54) is 38.8 Å². The number of hydrogen-bond acceptors (Lipinski definition) is 2. The Morgan fingerprint density at radius 2 is 1.91 bits per heavy atom. The van der Waals surface area contributed by atoms with Gasteiger partial charge in [0.15, 0.2) is 5.96 Å². The van der Waals surface area contributed by atoms with Gasteiger partial charge >= 0.3 is 0 Å². The van der Waals surface area contributed by atoms with Crippen LogP contribution in [0.4, 0.5) is 0 Å². The first kappa shape index (κ1) is 22.0. The minimum absolute atomic E-state index is 0. The van der Waals surface area contributed by atoms with Crippen molar-refractivity contribution in [3.05, 3.63) is 0 Å². The zero-order valence-corrected chi connectivity index (χ0v) is 17.5. The van der Waals surface area contributed by atoms with Gasteiger partial charge in [0.2, 0.25) is 0 Å². The van der Waals surface area contributed by atoms with Gasteiger partial charge in [0.05, 0.1) is 0 Å². The van der Waals surface area contributed by atoms with Crippen LogP contribution in [0.15, 0.2) is 4.99 Å². The maximum Gasteiger partial charge on any atom is 0.190 e. The number of hydrogen-bond donors (Lipinski definition) is 2. The smallest absolute Gasteiger partial charge is 0.190 e. The van der Waals surface area contributed by atoms with E-state index in [2.05, 4.69) is 48.2 Å². The molecule has 0 aliphatic carbocycles. The van der Waals surface area contributed by atoms with E-state index in [9.17, 15) is 0 Å². The molecule has 0 aromatic heterocycles. The quantitative estimate of drug-likeness (QED) is 0.374. The molecule has 2 N–H and O–H groups in total. The van der Waals surface area contributed by atoms with Gasteiger partial charge in [-0.1, -0.05) is 26.7 Å². The lowest BCUT2D eigenvalue weighted by Gasteiger charge is -2.35. The first-order chi connectivity index (χ1) is 10.1. The van der Waals surface area contributed by atoms with Gasteiger partial charge in [-0.05, 0) is 45.1 Å². The first-order valence-corrected chi connectivity index (χ1v) is 8.79. The topological polar surface area (TPSA) is 39.7 Å². The van der Waals surface area contributed by atoms with Gasteiger partial charge in [-0.25, -0.2) is 0 Å². The molecule has 1 heterocycles. The van der Waals surface area contributed by atoms with E-state index in [1.807, 2.05) is 7.05 Å². The maximum atomic E-state index is 4.35. The lowest BCUT2D eigenvalue weighted by atomic mass is 9.97. The second-order valence-corrected chi connectivity index (χ2v) is 6.61. The Morgan fingerprint density at radius 3 is 2.45 bits per heavy atom. The van der Waals surface area contributed by atoms with Crippen LogP contribution in [0.1, 0.15) is 53.4 Å². The largest absolute Gasteiger partial charge is 0.356 e. The van der Waals surface area contributed by atoms with Crippen LogP contribution in [-0.4, -0.2) is 50.1 Å². The monoisotopic (exact) mass is 424 g/mol. The van der Waals surface area contributed by atoms with E-state index in [0.29, 0.717) is 6.04 Å². The van der Waals surface area contributed by atoms with Crippen molar-refractivity contribution in [2.45, 2.75) is 59.4 Å². The molecular weight excluding hydrogens is 387 g/mol. The Labute approximate surface area is 154 Å². The zero-order valence-electron chi connectivity index (χ0n) is 15.2. The molecule has 5 heteroatoms. The van der Waals surface area contributed by atoms with Crippen LogP contribution < -0.4 is 10.6 Å². The Hall–Kier alpha value is -0.0400. The minimum Gasteiger partial charge on any atom is -0.356 e. The Bertz CT molecular complexity index is 303. The van der Waals surface area contributed by atoms with E-state index in [-0.39, 0.29) is 24.0 Å². The fraction of sp³-hybridized carbons (Fsp3) is 0.941. The lowest BCUT2D eigenvalue weighted by molar-refractivity contribution is 0.141. The highest BCUT2D eigenvalue weighted by Gasteiger charge is 2.21. The average molecular weight is 424 g/mol. The molecule has 0 radical (unpaired) electrons. The molecule has 0 amide bonds. The fourth-order valence-electron chi connectivity index (χ4n) is 3.01. The standard InChI is InChI=1S/C17H36N4.HI/c1-6-15(7-2)11-19-17(18-5)20-12-16-9-8-10-21(13-16)14(3)4;/h14-16H,6-13H2,1-5H3,(H2,18,19,20);1H. The lowest BCUT2D eigenvalue weighted by Crippen LogP contribution is -2.46. The maximum absolute atomic E-state index is 4.35. The normalized spacial score (nSPS) is 20.1. The molecule has 1 aliphatic heterocycles. The first-order valence-electron chi connectivity index (χ1n) is 8.79. The summed E-state index contributed by atoms with van der Waals surface area (Å²) in [6.07, 6.45) is 5.11. The molecule has 0 aromatic carbocycles. The fourth-order valence-corrected chi connectivity index (χ4v) is 3.01. The van der Waals surface area contributed by atoms with Gasteiger partial charge in [0, 0.05) is 32.7 Å². The van der Waals surface area contributed by atoms with Crippen LogP contribution in [0.2, 0.25) is 0 Å². The summed E-state index contributed by atoms with van der Waals surface area (Å²) >= 11 is 0. The van der Waals surface area contributed by atoms with E-state index in [0.717, 1.165) is 30.9 Å². The van der Waals surface area contributed by atoms with Crippen LogP contribution in [0, 0.1) is 11.8 Å². The minimum atomic E-state index is 0. The van der Waals surface area contributed by atoms with Crippen molar-refractivity contribution >= 4 is 29.9 Å². The highest BCUT2D eigenvalue weighted by Crippen LogP contribution is 2.17. The van der Waals surface area contributed by atoms with Crippen molar-refractivity contribution in [3.8, 4) is 0 Å². The number of guanidine groups is 1. The SMILES string of the molecule is CCC(CC)CNC(=NC)NCC1CCCN(C(C)C)C1.I. The number of halogens is 1. The molecule has 0 saturated carbocycles. The summed E-state index contributed by atoms with van der Waals surface area (Å²) in [5, 5.41) is 6.98. The number of nitrogens with zero attached hydrogens (tertiary/aromatic N) is 2. The summed E-state index contributed by atoms with van der Waals surface area (Å²) in [6, 6.07) is 0.667. The molecule has 4 nitrogen and oxygen atoms in total. The van der Waals surface area contributed by atoms with Crippen LogP contribution in [0.3, 0.4) is 0 Å². The van der Waals surface area contributed by atoms with Crippen molar-refractivity contribution < 1.29 is 0 Å². The van der Waals surface area contributed by atoms with E-state index in [1.54, 1.807) is 0 Å². The van der Waals surface area contributed by atoms with Gasteiger partial charge < -0.3 is 15.5 Å². The van der Waals surface area contributed by atoms with Crippen LogP contribution in [0.25, 0.3) is 0 Å². The summed E-state index contributed by atoms with van der Waals surface area (Å²) < 4.78 is 0. The Balaban J connectivity index is 0.00000441. The van der Waals surface area contributed by atoms with Gasteiger partial charge in [0.25, 0.3) is 0 Å². The van der Waals surface area contributed by atoms with Crippen LogP contribution in [-0.2, 0) is 0 Å². The molecular formula is C17H37IN4. The zero-order chi connectivity index (χ0) is 15.7. The summed E-state index contributed by atoms with van der Waals surface area (Å²) in [4.78, 5) is 6.94. The number of rotatable bonds is 7. The Kier molecular flexibility index (Phi) is 12.4. The molecule has 1 saturated heterocycles. The van der Waals surface area contributed by atoms with Gasteiger partial charge in [-0.15, -0.1) is 24.0 Å². The average Bonchev–Trinajstić information content (AvgIpc) is 2.51. The molecule has 0 spiro atoms. The molecule has 0 bridgehead atoms. The Morgan fingerprint density at radius 1 is 1.23 bits per heavy atom. The van der Waals surface area contributed by atoms with E-state index in [4.69, 9.17) is 0 Å². The van der Waals surface area contributed by atoms with E-state index < -0.39 is 0 Å². The van der Waals surface area contributed by atoms with Crippen LogP contribution in [0.5, 0.6) is 0 Å². The molecule has 22 heavy (non-hydrogen) atoms. The summed E-state index contributed by atoms with van der Waals surface area (Å²) in [6.45, 7) is 13.6. The molecule has 1 aliphatic rings. The molecule has 1 atom stereocenters. The molecule has 1 unspecified atom stereocenters. The van der Waals surface area contributed by atoms with Crippen molar-refractivity contribution in [2.24, 2.45) is 16.8 Å².